The van der Waals surface area contributed by atoms with E-state index in [0.717, 1.165) is 6.39 Å². The summed E-state index contributed by atoms with van der Waals surface area (Å²) >= 11 is 5.31. The third-order valence-electron chi connectivity index (χ3n) is 0.626. The normalized spacial score (nSPS) is 8.50. The summed E-state index contributed by atoms with van der Waals surface area (Å²) < 4.78 is 4.51. The fraction of sp³-hybridized carbons (Fsp3) is 0. The van der Waals surface area contributed by atoms with Crippen LogP contribution in [0, 0.1) is 11.3 Å². The van der Waals surface area contributed by atoms with Crippen molar-refractivity contribution in [1.82, 2.24) is 4.98 Å². The molecule has 0 amide bonds. The first kappa shape index (κ1) is 5.13. The molecule has 0 fully saturated rings. The molecule has 0 aliphatic heterocycles. The molecule has 0 saturated heterocycles. The molecular weight excluding hydrogens is 128 g/mol. The quantitative estimate of drug-likeness (QED) is 0.528. The predicted molar refractivity (Wildman–Crippen MR) is 26.2 cm³/mol. The highest BCUT2D eigenvalue weighted by atomic mass is 35.5. The van der Waals surface area contributed by atoms with Crippen molar-refractivity contribution in [1.29, 1.82) is 5.26 Å². The maximum Gasteiger partial charge on any atom is 0.242 e. The minimum Gasteiger partial charge on any atom is -0.431 e. The van der Waals surface area contributed by atoms with E-state index >= 15 is 0 Å². The Morgan fingerprint density at radius 2 is 2.62 bits per heavy atom. The second-order valence-electron chi connectivity index (χ2n) is 1.08. The topological polar surface area (TPSA) is 49.8 Å². The monoisotopic (exact) mass is 128 g/mol. The van der Waals surface area contributed by atoms with E-state index in [1.54, 1.807) is 6.07 Å². The van der Waals surface area contributed by atoms with Crippen LogP contribution in [0.2, 0.25) is 5.15 Å². The Labute approximate surface area is 50.5 Å². The Morgan fingerprint density at radius 3 is 2.88 bits per heavy atom. The van der Waals surface area contributed by atoms with E-state index in [2.05, 4.69) is 9.40 Å². The molecule has 4 heteroatoms. The molecule has 1 rings (SSSR count). The molecular formula is C4HClN2O. The fourth-order valence-corrected chi connectivity index (χ4v) is 0.432. The van der Waals surface area contributed by atoms with Crippen molar-refractivity contribution in [2.24, 2.45) is 0 Å². The van der Waals surface area contributed by atoms with Crippen LogP contribution in [0.1, 0.15) is 5.76 Å². The van der Waals surface area contributed by atoms with Crippen molar-refractivity contribution in [3.63, 3.8) is 0 Å². The third kappa shape index (κ3) is 0.658. The zero-order valence-electron chi connectivity index (χ0n) is 3.76. The van der Waals surface area contributed by atoms with Crippen molar-refractivity contribution < 1.29 is 4.42 Å². The molecule has 0 radical (unpaired) electrons. The molecule has 0 unspecified atom stereocenters. The number of oxazole rings is 1. The standard InChI is InChI=1S/C4HClN2O/c5-4-3(1-6)8-2-7-4/h2H. The zero-order valence-corrected chi connectivity index (χ0v) is 4.51. The maximum atomic E-state index is 8.14. The second-order valence-corrected chi connectivity index (χ2v) is 1.44. The first-order valence-corrected chi connectivity index (χ1v) is 2.21. The number of hydrogen-bond acceptors (Lipinski definition) is 3. The second kappa shape index (κ2) is 1.85. The van der Waals surface area contributed by atoms with Gasteiger partial charge in [-0.05, 0) is 0 Å². The zero-order chi connectivity index (χ0) is 5.98. The van der Waals surface area contributed by atoms with Gasteiger partial charge < -0.3 is 4.42 Å². The SMILES string of the molecule is N#Cc1ocnc1Cl. The van der Waals surface area contributed by atoms with Crippen LogP contribution in [0.4, 0.5) is 0 Å². The van der Waals surface area contributed by atoms with Gasteiger partial charge in [0.2, 0.25) is 5.76 Å². The van der Waals surface area contributed by atoms with Crippen molar-refractivity contribution >= 4 is 11.6 Å². The number of nitriles is 1. The Balaban J connectivity index is 3.15. The van der Waals surface area contributed by atoms with Gasteiger partial charge in [0.05, 0.1) is 0 Å². The van der Waals surface area contributed by atoms with Gasteiger partial charge in [-0.3, -0.25) is 0 Å². The molecule has 0 saturated carbocycles. The lowest BCUT2D eigenvalue weighted by atomic mass is 10.6. The van der Waals surface area contributed by atoms with Gasteiger partial charge in [0.25, 0.3) is 0 Å². The molecule has 1 aromatic rings. The summed E-state index contributed by atoms with van der Waals surface area (Å²) in [5.41, 5.74) is 0. The van der Waals surface area contributed by atoms with Crippen LogP contribution in [0.25, 0.3) is 0 Å². The number of rotatable bonds is 0. The van der Waals surface area contributed by atoms with E-state index in [-0.39, 0.29) is 10.9 Å². The average molecular weight is 129 g/mol. The van der Waals surface area contributed by atoms with Crippen LogP contribution in [-0.4, -0.2) is 4.98 Å². The maximum absolute atomic E-state index is 8.14. The summed E-state index contributed by atoms with van der Waals surface area (Å²) in [4.78, 5) is 3.46. The summed E-state index contributed by atoms with van der Waals surface area (Å²) in [7, 11) is 0. The molecule has 1 heterocycles. The number of aromatic nitrogens is 1. The molecule has 40 valence electrons. The third-order valence-corrected chi connectivity index (χ3v) is 0.895. The average Bonchev–Trinajstić information content (AvgIpc) is 2.14. The van der Waals surface area contributed by atoms with E-state index < -0.39 is 0 Å². The van der Waals surface area contributed by atoms with Crippen molar-refractivity contribution in [2.75, 3.05) is 0 Å². The first-order valence-electron chi connectivity index (χ1n) is 1.83. The van der Waals surface area contributed by atoms with Crippen LogP contribution in [0.3, 0.4) is 0 Å². The van der Waals surface area contributed by atoms with Gasteiger partial charge in [-0.2, -0.15) is 5.26 Å². The Hall–Kier alpha value is -1.01. The minimum atomic E-state index is 0.0617. The summed E-state index contributed by atoms with van der Waals surface area (Å²) in [5, 5.41) is 8.26. The van der Waals surface area contributed by atoms with Gasteiger partial charge in [0.15, 0.2) is 11.5 Å². The lowest BCUT2D eigenvalue weighted by Gasteiger charge is -1.70. The van der Waals surface area contributed by atoms with Crippen LogP contribution >= 0.6 is 11.6 Å². The highest BCUT2D eigenvalue weighted by Crippen LogP contribution is 2.09. The molecule has 0 spiro atoms. The van der Waals surface area contributed by atoms with E-state index in [9.17, 15) is 0 Å². The van der Waals surface area contributed by atoms with Crippen molar-refractivity contribution in [3.8, 4) is 6.07 Å². The molecule has 0 atom stereocenters. The predicted octanol–water partition coefficient (Wildman–Crippen LogP) is 1.20. The molecule has 8 heavy (non-hydrogen) atoms. The summed E-state index contributed by atoms with van der Waals surface area (Å²) in [6.07, 6.45) is 1.13. The van der Waals surface area contributed by atoms with E-state index in [4.69, 9.17) is 16.9 Å². The van der Waals surface area contributed by atoms with Crippen LogP contribution in [-0.2, 0) is 0 Å². The summed E-state index contributed by atoms with van der Waals surface area (Å²) in [6, 6.07) is 1.71. The van der Waals surface area contributed by atoms with E-state index in [1.807, 2.05) is 0 Å². The highest BCUT2D eigenvalue weighted by Gasteiger charge is 2.00. The van der Waals surface area contributed by atoms with Gasteiger partial charge in [-0.15, -0.1) is 0 Å². The Kier molecular flexibility index (Phi) is 1.18. The number of hydrogen-bond donors (Lipinski definition) is 0. The van der Waals surface area contributed by atoms with Gasteiger partial charge in [-0.1, -0.05) is 11.6 Å². The minimum absolute atomic E-state index is 0.0617. The Bertz CT molecular complexity index is 224. The summed E-state index contributed by atoms with van der Waals surface area (Å²) in [6.45, 7) is 0. The van der Waals surface area contributed by atoms with Gasteiger partial charge in [0, 0.05) is 0 Å². The fourth-order valence-electron chi connectivity index (χ4n) is 0.305. The van der Waals surface area contributed by atoms with Gasteiger partial charge >= 0.3 is 0 Å². The van der Waals surface area contributed by atoms with Gasteiger partial charge in [-0.25, -0.2) is 4.98 Å². The van der Waals surface area contributed by atoms with Crippen LogP contribution in [0.15, 0.2) is 10.8 Å². The largest absolute Gasteiger partial charge is 0.431 e. The lowest BCUT2D eigenvalue weighted by Crippen LogP contribution is -1.64. The van der Waals surface area contributed by atoms with Crippen molar-refractivity contribution in [2.45, 2.75) is 0 Å². The molecule has 0 aliphatic carbocycles. The smallest absolute Gasteiger partial charge is 0.242 e. The first-order chi connectivity index (χ1) is 3.84. The molecule has 0 N–H and O–H groups in total. The molecule has 0 aromatic carbocycles. The van der Waals surface area contributed by atoms with E-state index in [0.29, 0.717) is 0 Å². The summed E-state index contributed by atoms with van der Waals surface area (Å²) in [5.74, 6) is 0.0617. The van der Waals surface area contributed by atoms with Gasteiger partial charge in [0.1, 0.15) is 6.07 Å². The van der Waals surface area contributed by atoms with E-state index in [1.165, 1.54) is 0 Å². The Morgan fingerprint density at radius 1 is 1.88 bits per heavy atom. The molecule has 1 aromatic heterocycles. The van der Waals surface area contributed by atoms with Crippen LogP contribution < -0.4 is 0 Å². The molecule has 0 bridgehead atoms. The number of nitrogens with zero attached hydrogens (tertiary/aromatic N) is 2. The van der Waals surface area contributed by atoms with Crippen molar-refractivity contribution in [3.05, 3.63) is 17.3 Å². The van der Waals surface area contributed by atoms with Crippen LogP contribution in [0.5, 0.6) is 0 Å². The number of halogens is 1. The highest BCUT2D eigenvalue weighted by molar-refractivity contribution is 6.30. The molecule has 3 nitrogen and oxygen atoms in total. The molecule has 0 aliphatic rings. The lowest BCUT2D eigenvalue weighted by molar-refractivity contribution is 0.544.